The van der Waals surface area contributed by atoms with Crippen molar-refractivity contribution in [3.8, 4) is 11.3 Å². The molecule has 1 aliphatic rings. The number of aromatic nitrogens is 1. The van der Waals surface area contributed by atoms with E-state index >= 15 is 0 Å². The fourth-order valence-corrected chi connectivity index (χ4v) is 5.07. The minimum Gasteiger partial charge on any atom is -0.469 e. The molecule has 6 nitrogen and oxygen atoms in total. The molecule has 172 valence electrons. The normalized spacial score (nSPS) is 14.2. The number of aryl methyl sites for hydroxylation is 1. The molecule has 2 aromatic carbocycles. The van der Waals surface area contributed by atoms with E-state index in [2.05, 4.69) is 4.57 Å². The topological polar surface area (TPSA) is 74.6 Å². The summed E-state index contributed by atoms with van der Waals surface area (Å²) in [4.78, 5) is 36.3. The third-order valence-electron chi connectivity index (χ3n) is 6.65. The summed E-state index contributed by atoms with van der Waals surface area (Å²) < 4.78 is 11.9. The number of benzene rings is 2. The second-order valence-corrected chi connectivity index (χ2v) is 8.50. The van der Waals surface area contributed by atoms with Crippen LogP contribution in [0.25, 0.3) is 22.2 Å². The van der Waals surface area contributed by atoms with Crippen LogP contribution in [0.1, 0.15) is 70.7 Å². The molecule has 3 aromatic rings. The Bertz CT molecular complexity index is 1190. The third kappa shape index (κ3) is 4.42. The summed E-state index contributed by atoms with van der Waals surface area (Å²) >= 11 is 0. The summed E-state index contributed by atoms with van der Waals surface area (Å²) in [5.74, 6) is -0.374. The lowest BCUT2D eigenvalue weighted by Crippen LogP contribution is -2.11. The molecule has 6 heteroatoms. The molecule has 1 saturated carbocycles. The van der Waals surface area contributed by atoms with Crippen LogP contribution in [0, 0.1) is 0 Å². The molecule has 0 amide bonds. The van der Waals surface area contributed by atoms with Crippen molar-refractivity contribution in [2.75, 3.05) is 14.2 Å². The van der Waals surface area contributed by atoms with Crippen LogP contribution in [-0.4, -0.2) is 37.0 Å². The first-order valence-corrected chi connectivity index (χ1v) is 11.4. The maximum absolute atomic E-state index is 12.3. The van der Waals surface area contributed by atoms with Crippen LogP contribution in [0.4, 0.5) is 0 Å². The van der Waals surface area contributed by atoms with E-state index in [4.69, 9.17) is 9.47 Å². The Morgan fingerprint density at radius 1 is 1.03 bits per heavy atom. The Morgan fingerprint density at radius 2 is 1.79 bits per heavy atom. The van der Waals surface area contributed by atoms with Gasteiger partial charge in [0.1, 0.15) is 0 Å². The molecule has 0 saturated heterocycles. The third-order valence-corrected chi connectivity index (χ3v) is 6.65. The molecule has 0 radical (unpaired) electrons. The number of carbonyl (C=O) groups excluding carboxylic acids is 3. The Kier molecular flexibility index (Phi) is 6.92. The quantitative estimate of drug-likeness (QED) is 0.352. The summed E-state index contributed by atoms with van der Waals surface area (Å²) in [6, 6.07) is 13.2. The number of hydrogen-bond acceptors (Lipinski definition) is 5. The predicted molar refractivity (Wildman–Crippen MR) is 127 cm³/mol. The second kappa shape index (κ2) is 10.0. The molecule has 1 fully saturated rings. The van der Waals surface area contributed by atoms with Crippen molar-refractivity contribution >= 4 is 29.1 Å². The number of ether oxygens (including phenoxy) is 2. The maximum atomic E-state index is 12.3. The summed E-state index contributed by atoms with van der Waals surface area (Å²) in [5.41, 5.74) is 4.90. The van der Waals surface area contributed by atoms with Crippen molar-refractivity contribution in [2.45, 2.75) is 51.0 Å². The number of hydrogen-bond donors (Lipinski definition) is 0. The first-order valence-electron chi connectivity index (χ1n) is 11.4. The lowest BCUT2D eigenvalue weighted by atomic mass is 9.81. The van der Waals surface area contributed by atoms with Crippen LogP contribution >= 0.6 is 0 Å². The molecule has 4 rings (SSSR count). The fraction of sp³-hybridized carbons (Fsp3) is 0.370. The second-order valence-electron chi connectivity index (χ2n) is 8.50. The molecule has 0 bridgehead atoms. The number of esters is 2. The molecule has 0 aliphatic heterocycles. The van der Waals surface area contributed by atoms with Gasteiger partial charge in [-0.25, -0.2) is 4.79 Å². The molecule has 33 heavy (non-hydrogen) atoms. The van der Waals surface area contributed by atoms with Crippen molar-refractivity contribution in [3.63, 3.8) is 0 Å². The largest absolute Gasteiger partial charge is 0.469 e. The zero-order chi connectivity index (χ0) is 23.4. The van der Waals surface area contributed by atoms with Gasteiger partial charge in [0, 0.05) is 28.6 Å². The SMILES string of the molecule is COC(=O)CCn1c(-c2ccccc2C=O)c(C2CCCCC2)c2ccc(C(=O)OC)cc21. The van der Waals surface area contributed by atoms with E-state index in [-0.39, 0.29) is 12.4 Å². The number of nitrogens with zero attached hydrogens (tertiary/aromatic N) is 1. The Morgan fingerprint density at radius 3 is 2.48 bits per heavy atom. The standard InChI is InChI=1S/C27H29NO5/c1-32-24(30)14-15-28-23-16-19(27(31)33-2)12-13-22(23)25(18-8-4-3-5-9-18)26(28)21-11-7-6-10-20(21)17-29/h6-7,10-13,16-18H,3-5,8-9,14-15H2,1-2H3. The highest BCUT2D eigenvalue weighted by Gasteiger charge is 2.28. The number of methoxy groups -OCH3 is 2. The molecule has 0 spiro atoms. The van der Waals surface area contributed by atoms with Crippen molar-refractivity contribution < 1.29 is 23.9 Å². The van der Waals surface area contributed by atoms with Gasteiger partial charge in [-0.15, -0.1) is 0 Å². The van der Waals surface area contributed by atoms with E-state index in [1.807, 2.05) is 36.4 Å². The van der Waals surface area contributed by atoms with Gasteiger partial charge in [0.05, 0.1) is 31.9 Å². The number of carbonyl (C=O) groups is 3. The summed E-state index contributed by atoms with van der Waals surface area (Å²) in [5, 5.41) is 1.05. The smallest absolute Gasteiger partial charge is 0.337 e. The van der Waals surface area contributed by atoms with Gasteiger partial charge in [0.25, 0.3) is 0 Å². The Balaban J connectivity index is 2.03. The van der Waals surface area contributed by atoms with E-state index in [1.165, 1.54) is 26.2 Å². The monoisotopic (exact) mass is 447 g/mol. The molecular weight excluding hydrogens is 418 g/mol. The Hall–Kier alpha value is -3.41. The van der Waals surface area contributed by atoms with Crippen LogP contribution in [0.2, 0.25) is 0 Å². The van der Waals surface area contributed by atoms with Crippen molar-refractivity contribution in [2.24, 2.45) is 0 Å². The first kappa shape index (κ1) is 22.8. The highest BCUT2D eigenvalue weighted by Crippen LogP contribution is 2.45. The van der Waals surface area contributed by atoms with Crippen LogP contribution in [0.15, 0.2) is 42.5 Å². The van der Waals surface area contributed by atoms with Gasteiger partial charge in [0.15, 0.2) is 6.29 Å². The number of rotatable bonds is 7. The maximum Gasteiger partial charge on any atom is 0.337 e. The van der Waals surface area contributed by atoms with E-state index < -0.39 is 5.97 Å². The van der Waals surface area contributed by atoms with Crippen LogP contribution < -0.4 is 0 Å². The van der Waals surface area contributed by atoms with Gasteiger partial charge in [-0.2, -0.15) is 0 Å². The predicted octanol–water partition coefficient (Wildman–Crippen LogP) is 5.52. The zero-order valence-corrected chi connectivity index (χ0v) is 19.1. The van der Waals surface area contributed by atoms with E-state index in [0.717, 1.165) is 54.1 Å². The van der Waals surface area contributed by atoms with Crippen molar-refractivity contribution in [1.82, 2.24) is 4.57 Å². The van der Waals surface area contributed by atoms with E-state index in [1.54, 1.807) is 6.07 Å². The molecular formula is C27H29NO5. The molecule has 1 aliphatic carbocycles. The number of aldehydes is 1. The number of fused-ring (bicyclic) bond motifs is 1. The van der Waals surface area contributed by atoms with Gasteiger partial charge in [-0.3, -0.25) is 9.59 Å². The highest BCUT2D eigenvalue weighted by atomic mass is 16.5. The van der Waals surface area contributed by atoms with Gasteiger partial charge in [-0.1, -0.05) is 49.6 Å². The minimum atomic E-state index is -0.410. The average molecular weight is 448 g/mol. The highest BCUT2D eigenvalue weighted by molar-refractivity contribution is 6.00. The van der Waals surface area contributed by atoms with Gasteiger partial charge < -0.3 is 14.0 Å². The van der Waals surface area contributed by atoms with Crippen LogP contribution in [0.5, 0.6) is 0 Å². The van der Waals surface area contributed by atoms with Crippen molar-refractivity contribution in [3.05, 3.63) is 59.2 Å². The lowest BCUT2D eigenvalue weighted by Gasteiger charge is -2.24. The first-order chi connectivity index (χ1) is 16.1. The van der Waals surface area contributed by atoms with Crippen LogP contribution in [-0.2, 0) is 20.8 Å². The van der Waals surface area contributed by atoms with Crippen LogP contribution in [0.3, 0.4) is 0 Å². The molecule has 1 aromatic heterocycles. The molecule has 1 heterocycles. The summed E-state index contributed by atoms with van der Waals surface area (Å²) in [6.07, 6.45) is 6.76. The minimum absolute atomic E-state index is 0.184. The molecule has 0 unspecified atom stereocenters. The van der Waals surface area contributed by atoms with Gasteiger partial charge >= 0.3 is 11.9 Å². The van der Waals surface area contributed by atoms with Gasteiger partial charge in [0.2, 0.25) is 0 Å². The van der Waals surface area contributed by atoms with Gasteiger partial charge in [-0.05, 0) is 36.5 Å². The van der Waals surface area contributed by atoms with E-state index in [9.17, 15) is 14.4 Å². The average Bonchev–Trinajstić information content (AvgIpc) is 3.20. The van der Waals surface area contributed by atoms with Crippen molar-refractivity contribution in [1.29, 1.82) is 0 Å². The molecule has 0 atom stereocenters. The summed E-state index contributed by atoms with van der Waals surface area (Å²) in [7, 11) is 2.74. The Labute approximate surface area is 193 Å². The zero-order valence-electron chi connectivity index (χ0n) is 19.1. The summed E-state index contributed by atoms with van der Waals surface area (Å²) in [6.45, 7) is 0.378. The fourth-order valence-electron chi connectivity index (χ4n) is 5.07. The van der Waals surface area contributed by atoms with E-state index in [0.29, 0.717) is 23.6 Å². The lowest BCUT2D eigenvalue weighted by molar-refractivity contribution is -0.140. The molecule has 0 N–H and O–H groups in total.